The number of fused-ring (bicyclic) bond motifs is 1. The summed E-state index contributed by atoms with van der Waals surface area (Å²) in [6.45, 7) is 0. The number of carbonyl (C=O) groups is 2. The van der Waals surface area contributed by atoms with Crippen LogP contribution in [0, 0.1) is 0 Å². The minimum atomic E-state index is -0.627. The van der Waals surface area contributed by atoms with Gasteiger partial charge in [-0.25, -0.2) is 4.79 Å². The smallest absolute Gasteiger partial charge is 0.356 e. The quantitative estimate of drug-likeness (QED) is 0.332. The molecule has 2 aliphatic heterocycles. The van der Waals surface area contributed by atoms with Crippen LogP contribution in [0.4, 0.5) is 0 Å². The van der Waals surface area contributed by atoms with E-state index in [1.165, 1.54) is 30.0 Å². The Balaban J connectivity index is 1.70. The van der Waals surface area contributed by atoms with Crippen LogP contribution in [0.3, 0.4) is 0 Å². The summed E-state index contributed by atoms with van der Waals surface area (Å²) in [6, 6.07) is 18.3. The Labute approximate surface area is 178 Å². The molecule has 2 aliphatic rings. The number of hydrogen-bond acceptors (Lipinski definition) is 7. The molecule has 2 heterocycles. The Morgan fingerprint density at radius 3 is 2.33 bits per heavy atom. The molecule has 30 heavy (non-hydrogen) atoms. The largest absolute Gasteiger partial charge is 0.448 e. The number of thioether (sulfide) groups is 1. The number of nitrogens with zero attached hydrogens (tertiary/aromatic N) is 2. The Hall–Kier alpha value is -3.10. The third-order valence-electron chi connectivity index (χ3n) is 4.98. The van der Waals surface area contributed by atoms with Crippen LogP contribution in [-0.4, -0.2) is 47.3 Å². The Bertz CT molecular complexity index is 954. The number of rotatable bonds is 6. The fourth-order valence-electron chi connectivity index (χ4n) is 3.49. The summed E-state index contributed by atoms with van der Waals surface area (Å²) in [5.41, 5.74) is 8.31. The van der Waals surface area contributed by atoms with Gasteiger partial charge in [0.1, 0.15) is 24.2 Å². The molecule has 1 fully saturated rings. The molecule has 0 aromatic heterocycles. The van der Waals surface area contributed by atoms with Crippen LogP contribution in [0.15, 0.2) is 77.1 Å². The Kier molecular flexibility index (Phi) is 5.87. The van der Waals surface area contributed by atoms with Crippen LogP contribution in [0.25, 0.3) is 0 Å². The first-order valence-electron chi connectivity index (χ1n) is 9.42. The van der Waals surface area contributed by atoms with Crippen molar-refractivity contribution in [3.05, 3.63) is 83.1 Å². The number of ether oxygens (including phenoxy) is 1. The lowest BCUT2D eigenvalue weighted by Gasteiger charge is -2.48. The second-order valence-corrected chi connectivity index (χ2v) is 7.94. The predicted molar refractivity (Wildman–Crippen MR) is 114 cm³/mol. The van der Waals surface area contributed by atoms with Gasteiger partial charge in [0, 0.05) is 11.3 Å². The topological polar surface area (TPSA) is 94.2 Å². The van der Waals surface area contributed by atoms with Crippen molar-refractivity contribution in [3.8, 4) is 0 Å². The van der Waals surface area contributed by atoms with Gasteiger partial charge in [0.05, 0.1) is 6.21 Å². The van der Waals surface area contributed by atoms with Crippen molar-refractivity contribution >= 4 is 29.9 Å². The van der Waals surface area contributed by atoms with Crippen LogP contribution in [-0.2, 0) is 19.2 Å². The number of nitrogens with two attached hydrogens (primary N) is 1. The van der Waals surface area contributed by atoms with E-state index in [-0.39, 0.29) is 17.0 Å². The van der Waals surface area contributed by atoms with Crippen molar-refractivity contribution in [2.24, 2.45) is 10.9 Å². The van der Waals surface area contributed by atoms with Crippen molar-refractivity contribution < 1.29 is 19.2 Å². The van der Waals surface area contributed by atoms with Crippen LogP contribution >= 0.6 is 11.8 Å². The molecule has 0 saturated carbocycles. The summed E-state index contributed by atoms with van der Waals surface area (Å²) in [5, 5.41) is 3.49. The van der Waals surface area contributed by atoms with E-state index in [0.29, 0.717) is 11.3 Å². The van der Waals surface area contributed by atoms with Crippen molar-refractivity contribution in [3.63, 3.8) is 0 Å². The van der Waals surface area contributed by atoms with E-state index in [0.717, 1.165) is 11.1 Å². The van der Waals surface area contributed by atoms with Crippen LogP contribution < -0.4 is 5.73 Å². The lowest BCUT2D eigenvalue weighted by molar-refractivity contribution is -0.153. The molecule has 2 aromatic carbocycles. The van der Waals surface area contributed by atoms with Crippen molar-refractivity contribution in [2.75, 3.05) is 12.9 Å². The molecular formula is C22H21N3O4S. The van der Waals surface area contributed by atoms with E-state index in [1.807, 2.05) is 60.7 Å². The van der Waals surface area contributed by atoms with E-state index in [9.17, 15) is 9.59 Å². The molecule has 8 heteroatoms. The van der Waals surface area contributed by atoms with Gasteiger partial charge in [-0.15, -0.1) is 11.8 Å². The third-order valence-corrected chi connectivity index (χ3v) is 6.30. The summed E-state index contributed by atoms with van der Waals surface area (Å²) >= 11 is 1.48. The maximum atomic E-state index is 13.3. The highest BCUT2D eigenvalue weighted by molar-refractivity contribution is 8.00. The molecule has 4 rings (SSSR count). The minimum Gasteiger partial charge on any atom is -0.448 e. The number of benzene rings is 2. The van der Waals surface area contributed by atoms with Crippen molar-refractivity contribution in [1.82, 2.24) is 4.90 Å². The number of oxime groups is 1. The number of esters is 1. The van der Waals surface area contributed by atoms with Gasteiger partial charge >= 0.3 is 5.97 Å². The zero-order chi connectivity index (χ0) is 21.1. The Morgan fingerprint density at radius 2 is 1.77 bits per heavy atom. The summed E-state index contributed by atoms with van der Waals surface area (Å²) in [6.07, 6.45) is 0.822. The minimum absolute atomic E-state index is 0.170. The first-order chi connectivity index (χ1) is 14.6. The normalized spacial score (nSPS) is 20.9. The summed E-state index contributed by atoms with van der Waals surface area (Å²) in [7, 11) is 1.42. The van der Waals surface area contributed by atoms with Gasteiger partial charge in [-0.1, -0.05) is 65.8 Å². The molecular weight excluding hydrogens is 402 g/mol. The van der Waals surface area contributed by atoms with Crippen LogP contribution in [0.1, 0.15) is 17.2 Å². The number of β-lactam (4-membered cyclic amide) rings is 1. The molecule has 1 saturated heterocycles. The molecule has 7 nitrogen and oxygen atoms in total. The average Bonchev–Trinajstić information content (AvgIpc) is 2.81. The molecule has 1 unspecified atom stereocenters. The van der Waals surface area contributed by atoms with Gasteiger partial charge in [0.25, 0.3) is 0 Å². The monoisotopic (exact) mass is 423 g/mol. The van der Waals surface area contributed by atoms with Crippen molar-refractivity contribution in [2.45, 2.75) is 17.5 Å². The highest BCUT2D eigenvalue weighted by atomic mass is 32.2. The molecule has 0 radical (unpaired) electrons. The predicted octanol–water partition coefficient (Wildman–Crippen LogP) is 2.45. The van der Waals surface area contributed by atoms with Gasteiger partial charge in [-0.2, -0.15) is 0 Å². The summed E-state index contributed by atoms with van der Waals surface area (Å²) in [5.74, 6) is -0.435. The average molecular weight is 423 g/mol. The van der Waals surface area contributed by atoms with Gasteiger partial charge in [0.2, 0.25) is 5.91 Å². The molecule has 2 atom stereocenters. The summed E-state index contributed by atoms with van der Waals surface area (Å²) in [4.78, 5) is 31.9. The fraction of sp³-hybridized carbons (Fsp3) is 0.227. The van der Waals surface area contributed by atoms with Gasteiger partial charge in [0.15, 0.2) is 6.10 Å². The molecule has 1 amide bonds. The molecule has 154 valence electrons. The Morgan fingerprint density at radius 1 is 1.17 bits per heavy atom. The van der Waals surface area contributed by atoms with E-state index in [2.05, 4.69) is 5.16 Å². The standard InChI is InChI=1S/C22H21N3O4S/c1-28-24-12-16-13-30-21-17(23)20(26)25(21)18(16)22(27)29-19(14-8-4-2-5-9-14)15-10-6-3-7-11-15/h2-12,17,19,21H,13,23H2,1H3/t17?,21-/m0/s1. The lowest BCUT2D eigenvalue weighted by atomic mass is 10.0. The molecule has 2 aromatic rings. The van der Waals surface area contributed by atoms with Gasteiger partial charge in [-0.3, -0.25) is 9.69 Å². The number of amides is 1. The van der Waals surface area contributed by atoms with E-state index >= 15 is 0 Å². The maximum Gasteiger partial charge on any atom is 0.356 e. The van der Waals surface area contributed by atoms with E-state index in [1.54, 1.807) is 0 Å². The van der Waals surface area contributed by atoms with Crippen LogP contribution in [0.5, 0.6) is 0 Å². The van der Waals surface area contributed by atoms with Gasteiger partial charge < -0.3 is 15.3 Å². The second-order valence-electron chi connectivity index (χ2n) is 6.83. The SMILES string of the molecule is CON=CC1=C(C(=O)OC(c2ccccc2)c2ccccc2)N2C(=O)C(N)[C@@H]2SC1. The molecule has 0 aliphatic carbocycles. The highest BCUT2D eigenvalue weighted by Gasteiger charge is 2.52. The zero-order valence-electron chi connectivity index (χ0n) is 16.3. The number of carbonyl (C=O) groups excluding carboxylic acids is 2. The highest BCUT2D eigenvalue weighted by Crippen LogP contribution is 2.40. The second kappa shape index (κ2) is 8.73. The van der Waals surface area contributed by atoms with E-state index in [4.69, 9.17) is 15.3 Å². The summed E-state index contributed by atoms with van der Waals surface area (Å²) < 4.78 is 5.97. The van der Waals surface area contributed by atoms with Crippen LogP contribution in [0.2, 0.25) is 0 Å². The molecule has 0 spiro atoms. The third kappa shape index (κ3) is 3.71. The van der Waals surface area contributed by atoms with E-state index < -0.39 is 18.1 Å². The maximum absolute atomic E-state index is 13.3. The molecule has 2 N–H and O–H groups in total. The number of hydrogen-bond donors (Lipinski definition) is 1. The first-order valence-corrected chi connectivity index (χ1v) is 10.5. The van der Waals surface area contributed by atoms with Gasteiger partial charge in [-0.05, 0) is 11.1 Å². The zero-order valence-corrected chi connectivity index (χ0v) is 17.1. The fourth-order valence-corrected chi connectivity index (χ4v) is 4.74. The molecule has 0 bridgehead atoms. The first kappa shape index (κ1) is 20.2. The lowest BCUT2D eigenvalue weighted by Crippen LogP contribution is -2.68. The van der Waals surface area contributed by atoms with Crippen molar-refractivity contribution in [1.29, 1.82) is 0 Å².